The third-order valence-electron chi connectivity index (χ3n) is 5.58. The Morgan fingerprint density at radius 1 is 0.972 bits per heavy atom. The monoisotopic (exact) mass is 491 g/mol. The van der Waals surface area contributed by atoms with Crippen molar-refractivity contribution in [2.75, 3.05) is 5.32 Å². The van der Waals surface area contributed by atoms with Crippen LogP contribution in [0.2, 0.25) is 0 Å². The second-order valence-electron chi connectivity index (χ2n) is 10.1. The summed E-state index contributed by atoms with van der Waals surface area (Å²) in [7, 11) is 0. The molecule has 2 atom stereocenters. The summed E-state index contributed by atoms with van der Waals surface area (Å²) >= 11 is 0. The molecule has 0 aliphatic rings. The van der Waals surface area contributed by atoms with Crippen molar-refractivity contribution in [2.45, 2.75) is 79.1 Å². The van der Waals surface area contributed by atoms with Gasteiger partial charge in [-0.05, 0) is 78.1 Å². The van der Waals surface area contributed by atoms with Gasteiger partial charge in [-0.15, -0.1) is 6.42 Å². The molecule has 2 rings (SSSR count). The lowest BCUT2D eigenvalue weighted by atomic mass is 9.96. The number of nitrogens with zero attached hydrogens (tertiary/aromatic N) is 1. The number of carbonyl (C=O) groups excluding carboxylic acids is 3. The van der Waals surface area contributed by atoms with Gasteiger partial charge in [0.15, 0.2) is 0 Å². The van der Waals surface area contributed by atoms with Crippen molar-refractivity contribution in [1.29, 1.82) is 0 Å². The fourth-order valence-electron chi connectivity index (χ4n) is 3.94. The molecule has 36 heavy (non-hydrogen) atoms. The van der Waals surface area contributed by atoms with Crippen molar-refractivity contribution < 1.29 is 19.1 Å². The average Bonchev–Trinajstić information content (AvgIpc) is 2.77. The van der Waals surface area contributed by atoms with E-state index in [0.29, 0.717) is 16.8 Å². The van der Waals surface area contributed by atoms with Crippen LogP contribution in [0.1, 0.15) is 69.8 Å². The summed E-state index contributed by atoms with van der Waals surface area (Å²) in [6, 6.07) is 10.4. The van der Waals surface area contributed by atoms with E-state index in [1.165, 1.54) is 4.90 Å². The van der Waals surface area contributed by atoms with Gasteiger partial charge in [-0.1, -0.05) is 42.3 Å². The Hall–Kier alpha value is -3.79. The second-order valence-corrected chi connectivity index (χ2v) is 10.1. The van der Waals surface area contributed by atoms with Crippen LogP contribution in [-0.2, 0) is 14.3 Å². The van der Waals surface area contributed by atoms with Gasteiger partial charge >= 0.3 is 6.09 Å². The van der Waals surface area contributed by atoms with E-state index in [9.17, 15) is 14.4 Å². The van der Waals surface area contributed by atoms with Crippen molar-refractivity contribution >= 4 is 23.6 Å². The molecule has 7 nitrogen and oxygen atoms in total. The molecule has 0 heterocycles. The highest BCUT2D eigenvalue weighted by molar-refractivity contribution is 6.00. The van der Waals surface area contributed by atoms with Gasteiger partial charge in [-0.25, -0.2) is 4.79 Å². The minimum absolute atomic E-state index is 0.389. The summed E-state index contributed by atoms with van der Waals surface area (Å²) in [5.74, 6) is 1.79. The summed E-state index contributed by atoms with van der Waals surface area (Å²) in [5.41, 5.74) is 2.79. The van der Waals surface area contributed by atoms with Crippen molar-refractivity contribution in [2.24, 2.45) is 0 Å². The Morgan fingerprint density at radius 3 is 2.08 bits per heavy atom. The minimum atomic E-state index is -1.04. The summed E-state index contributed by atoms with van der Waals surface area (Å²) < 4.78 is 5.31. The molecular weight excluding hydrogens is 454 g/mol. The number of aryl methyl sites for hydroxylation is 2. The van der Waals surface area contributed by atoms with Gasteiger partial charge in [0, 0.05) is 17.3 Å². The van der Waals surface area contributed by atoms with Gasteiger partial charge < -0.3 is 20.3 Å². The average molecular weight is 492 g/mol. The number of para-hydroxylation sites is 1. The van der Waals surface area contributed by atoms with E-state index < -0.39 is 35.6 Å². The molecule has 0 aromatic heterocycles. The Kier molecular flexibility index (Phi) is 9.29. The van der Waals surface area contributed by atoms with E-state index in [2.05, 4.69) is 16.6 Å². The Labute approximate surface area is 214 Å². The standard InChI is InChI=1S/C29H37N3O4/c1-10-22-16-11-12-17-23(22)25(26(33)31-24-19(4)14-13-15-20(24)5)32(18(2)3)27(34)21(6)30-28(35)36-29(7,8)9/h1,11-18,21,25H,2-9H3,(H,30,35)(H,31,33). The SMILES string of the molecule is C#Cc1ccccc1C(C(=O)Nc1c(C)cccc1C)N(C(=O)C(C)NC(=O)OC(C)(C)C)C(C)C. The number of amides is 3. The van der Waals surface area contributed by atoms with Crippen LogP contribution in [0, 0.1) is 26.2 Å². The number of ether oxygens (including phenoxy) is 1. The third-order valence-corrected chi connectivity index (χ3v) is 5.58. The van der Waals surface area contributed by atoms with Gasteiger partial charge in [0.1, 0.15) is 17.7 Å². The fourth-order valence-corrected chi connectivity index (χ4v) is 3.94. The van der Waals surface area contributed by atoms with Crippen molar-refractivity contribution in [3.05, 3.63) is 64.7 Å². The number of hydrogen-bond acceptors (Lipinski definition) is 4. The highest BCUT2D eigenvalue weighted by Crippen LogP contribution is 2.30. The van der Waals surface area contributed by atoms with Crippen LogP contribution in [0.3, 0.4) is 0 Å². The first-order valence-corrected chi connectivity index (χ1v) is 12.0. The molecule has 0 fully saturated rings. The van der Waals surface area contributed by atoms with Gasteiger partial charge in [0.05, 0.1) is 0 Å². The number of terminal acetylenes is 1. The van der Waals surface area contributed by atoms with Crippen LogP contribution in [0.5, 0.6) is 0 Å². The zero-order valence-corrected chi connectivity index (χ0v) is 22.4. The van der Waals surface area contributed by atoms with Gasteiger partial charge in [0.25, 0.3) is 5.91 Å². The molecule has 2 aromatic rings. The molecule has 0 bridgehead atoms. The number of nitrogens with one attached hydrogen (secondary N) is 2. The highest BCUT2D eigenvalue weighted by Gasteiger charge is 2.37. The summed E-state index contributed by atoms with van der Waals surface area (Å²) in [6.07, 6.45) is 5.05. The Bertz CT molecular complexity index is 1140. The van der Waals surface area contributed by atoms with Crippen molar-refractivity contribution in [3.63, 3.8) is 0 Å². The fraction of sp³-hybridized carbons (Fsp3) is 0.414. The molecule has 0 aliphatic carbocycles. The number of benzene rings is 2. The first-order chi connectivity index (χ1) is 16.8. The van der Waals surface area contributed by atoms with E-state index in [1.807, 2.05) is 45.9 Å². The first kappa shape index (κ1) is 28.4. The number of hydrogen-bond donors (Lipinski definition) is 2. The zero-order valence-electron chi connectivity index (χ0n) is 22.4. The summed E-state index contributed by atoms with van der Waals surface area (Å²) in [5, 5.41) is 5.60. The predicted molar refractivity (Wildman–Crippen MR) is 142 cm³/mol. The smallest absolute Gasteiger partial charge is 0.408 e. The summed E-state index contributed by atoms with van der Waals surface area (Å²) in [4.78, 5) is 41.4. The Balaban J connectivity index is 2.53. The molecule has 0 saturated heterocycles. The van der Waals surface area contributed by atoms with Gasteiger partial charge in [-0.2, -0.15) is 0 Å². The van der Waals surface area contributed by atoms with Crippen LogP contribution < -0.4 is 10.6 Å². The maximum Gasteiger partial charge on any atom is 0.408 e. The minimum Gasteiger partial charge on any atom is -0.444 e. The molecule has 2 N–H and O–H groups in total. The topological polar surface area (TPSA) is 87.7 Å². The van der Waals surface area contributed by atoms with Crippen LogP contribution in [-0.4, -0.2) is 40.5 Å². The maximum atomic E-state index is 13.9. The molecule has 2 unspecified atom stereocenters. The van der Waals surface area contributed by atoms with Crippen LogP contribution in [0.4, 0.5) is 10.5 Å². The van der Waals surface area contributed by atoms with E-state index >= 15 is 0 Å². The third kappa shape index (κ3) is 7.11. The van der Waals surface area contributed by atoms with Crippen molar-refractivity contribution in [3.8, 4) is 12.3 Å². The number of rotatable bonds is 7. The lowest BCUT2D eigenvalue weighted by molar-refractivity contribution is -0.142. The Morgan fingerprint density at radius 2 is 1.56 bits per heavy atom. The highest BCUT2D eigenvalue weighted by atomic mass is 16.6. The van der Waals surface area contributed by atoms with Crippen molar-refractivity contribution in [1.82, 2.24) is 10.2 Å². The molecule has 3 amide bonds. The van der Waals surface area contributed by atoms with Crippen LogP contribution >= 0.6 is 0 Å². The van der Waals surface area contributed by atoms with Gasteiger partial charge in [0.2, 0.25) is 5.91 Å². The van der Waals surface area contributed by atoms with E-state index in [-0.39, 0.29) is 6.04 Å². The lowest BCUT2D eigenvalue weighted by Gasteiger charge is -2.37. The maximum absolute atomic E-state index is 13.9. The molecular formula is C29H37N3O4. The number of alkyl carbamates (subject to hydrolysis) is 1. The summed E-state index contributed by atoms with van der Waals surface area (Å²) in [6.45, 7) is 14.2. The van der Waals surface area contributed by atoms with E-state index in [0.717, 1.165) is 11.1 Å². The van der Waals surface area contributed by atoms with Gasteiger partial charge in [-0.3, -0.25) is 9.59 Å². The number of anilines is 1. The molecule has 2 aromatic carbocycles. The molecule has 0 radical (unpaired) electrons. The lowest BCUT2D eigenvalue weighted by Crippen LogP contribution is -2.53. The van der Waals surface area contributed by atoms with Crippen LogP contribution in [0.25, 0.3) is 0 Å². The second kappa shape index (κ2) is 11.8. The number of carbonyl (C=O) groups is 3. The molecule has 7 heteroatoms. The predicted octanol–water partition coefficient (Wildman–Crippen LogP) is 5.11. The molecule has 0 aliphatic heterocycles. The first-order valence-electron chi connectivity index (χ1n) is 12.0. The molecule has 0 saturated carbocycles. The van der Waals surface area contributed by atoms with E-state index in [1.54, 1.807) is 52.0 Å². The molecule has 0 spiro atoms. The largest absolute Gasteiger partial charge is 0.444 e. The molecule has 192 valence electrons. The normalized spacial score (nSPS) is 12.8. The van der Waals surface area contributed by atoms with Crippen LogP contribution in [0.15, 0.2) is 42.5 Å². The zero-order chi connectivity index (χ0) is 27.2. The quantitative estimate of drug-likeness (QED) is 0.527. The van der Waals surface area contributed by atoms with E-state index in [4.69, 9.17) is 11.2 Å².